The van der Waals surface area contributed by atoms with Crippen LogP contribution in [-0.2, 0) is 7.05 Å². The predicted octanol–water partition coefficient (Wildman–Crippen LogP) is 5.32. The Labute approximate surface area is 177 Å². The van der Waals surface area contributed by atoms with Gasteiger partial charge in [0.2, 0.25) is 0 Å². The lowest BCUT2D eigenvalue weighted by molar-refractivity contribution is 0.149. The molecule has 1 saturated carbocycles. The van der Waals surface area contributed by atoms with Crippen LogP contribution in [0.3, 0.4) is 0 Å². The van der Waals surface area contributed by atoms with Crippen LogP contribution in [0.5, 0.6) is 0 Å². The molecule has 0 spiro atoms. The van der Waals surface area contributed by atoms with Gasteiger partial charge in [0, 0.05) is 18.6 Å². The minimum atomic E-state index is 0.385. The van der Waals surface area contributed by atoms with Crippen molar-refractivity contribution < 1.29 is 0 Å². The van der Waals surface area contributed by atoms with Crippen molar-refractivity contribution in [3.05, 3.63) is 35.9 Å². The van der Waals surface area contributed by atoms with Gasteiger partial charge in [0.1, 0.15) is 5.52 Å². The molecule has 6 nitrogen and oxygen atoms in total. The topological polar surface area (TPSA) is 68.0 Å². The van der Waals surface area contributed by atoms with Crippen LogP contribution in [0.4, 0.5) is 5.95 Å². The van der Waals surface area contributed by atoms with E-state index in [1.807, 2.05) is 19.2 Å². The number of fused-ring (bicyclic) bond motifs is 4. The van der Waals surface area contributed by atoms with Crippen molar-refractivity contribution in [2.75, 3.05) is 5.43 Å². The number of hydrazone groups is 1. The van der Waals surface area contributed by atoms with Gasteiger partial charge in [-0.05, 0) is 54.9 Å². The number of nitrogens with zero attached hydrogens (tertiary/aromatic N) is 5. The number of hydrogen-bond acceptors (Lipinski definition) is 5. The van der Waals surface area contributed by atoms with Gasteiger partial charge in [-0.3, -0.25) is 0 Å². The van der Waals surface area contributed by atoms with E-state index in [4.69, 9.17) is 0 Å². The molecule has 2 aliphatic carbocycles. The highest BCUT2D eigenvalue weighted by atomic mass is 15.4. The third-order valence-corrected chi connectivity index (χ3v) is 7.32. The summed E-state index contributed by atoms with van der Waals surface area (Å²) >= 11 is 0. The maximum Gasteiger partial charge on any atom is 0.265 e. The van der Waals surface area contributed by atoms with E-state index in [1.165, 1.54) is 25.7 Å². The van der Waals surface area contributed by atoms with Crippen molar-refractivity contribution in [3.8, 4) is 0 Å². The van der Waals surface area contributed by atoms with Gasteiger partial charge in [0.05, 0.1) is 5.52 Å². The SMILES string of the molecule is C[C@@H]1CC2=CCCC(C)(C)[C@@H]2C[C@H]1/C=N\Nc1nnc2c3ccccc3n(C)c2n1. The standard InChI is InChI=1S/C24H30N6/c1-15-12-16-8-7-11-24(2,3)19(16)13-17(15)14-25-28-23-26-22-21(27-29-23)18-9-5-6-10-20(18)30(22)4/h5-6,8-10,14-15,17,19H,7,11-13H2,1-4H3,(H,26,28,29)/b25-14-/t15-,17+,19-/m1/s1. The molecule has 5 rings (SSSR count). The van der Waals surface area contributed by atoms with Crippen molar-refractivity contribution in [2.45, 2.75) is 46.5 Å². The maximum absolute atomic E-state index is 4.66. The molecule has 0 bridgehead atoms. The molecule has 3 atom stereocenters. The number of aryl methyl sites for hydroxylation is 1. The number of aromatic nitrogens is 4. The second kappa shape index (κ2) is 7.18. The molecule has 1 N–H and O–H groups in total. The van der Waals surface area contributed by atoms with Gasteiger partial charge < -0.3 is 4.57 Å². The highest BCUT2D eigenvalue weighted by Crippen LogP contribution is 2.50. The van der Waals surface area contributed by atoms with Crippen LogP contribution in [0, 0.1) is 23.2 Å². The summed E-state index contributed by atoms with van der Waals surface area (Å²) < 4.78 is 2.05. The Bertz CT molecular complexity index is 1160. The first kappa shape index (κ1) is 19.2. The van der Waals surface area contributed by atoms with Crippen LogP contribution >= 0.6 is 0 Å². The van der Waals surface area contributed by atoms with Gasteiger partial charge in [-0.1, -0.05) is 50.6 Å². The van der Waals surface area contributed by atoms with E-state index in [-0.39, 0.29) is 0 Å². The van der Waals surface area contributed by atoms with E-state index in [0.29, 0.717) is 29.1 Å². The number of benzene rings is 1. The lowest BCUT2D eigenvalue weighted by atomic mass is 9.59. The van der Waals surface area contributed by atoms with Crippen LogP contribution < -0.4 is 5.43 Å². The highest BCUT2D eigenvalue weighted by Gasteiger charge is 2.40. The molecule has 1 fully saturated rings. The quantitative estimate of drug-likeness (QED) is 0.366. The van der Waals surface area contributed by atoms with Gasteiger partial charge in [-0.15, -0.1) is 10.2 Å². The van der Waals surface area contributed by atoms with Crippen molar-refractivity contribution >= 4 is 34.2 Å². The van der Waals surface area contributed by atoms with Crippen LogP contribution in [0.1, 0.15) is 46.5 Å². The summed E-state index contributed by atoms with van der Waals surface area (Å²) in [6.45, 7) is 7.19. The van der Waals surface area contributed by atoms with E-state index >= 15 is 0 Å². The Morgan fingerprint density at radius 2 is 2.07 bits per heavy atom. The molecule has 2 aromatic heterocycles. The second-order valence-corrected chi connectivity index (χ2v) is 9.71. The smallest absolute Gasteiger partial charge is 0.265 e. The summed E-state index contributed by atoms with van der Waals surface area (Å²) in [6.07, 6.45) is 9.43. The Morgan fingerprint density at radius 3 is 2.93 bits per heavy atom. The summed E-state index contributed by atoms with van der Waals surface area (Å²) in [4.78, 5) is 4.66. The third-order valence-electron chi connectivity index (χ3n) is 7.32. The Balaban J connectivity index is 1.35. The van der Waals surface area contributed by atoms with E-state index < -0.39 is 0 Å². The first-order valence-corrected chi connectivity index (χ1v) is 11.0. The molecule has 3 aromatic rings. The minimum Gasteiger partial charge on any atom is -0.327 e. The van der Waals surface area contributed by atoms with E-state index in [9.17, 15) is 0 Å². The molecule has 2 aliphatic rings. The lowest BCUT2D eigenvalue weighted by Crippen LogP contribution is -2.36. The molecular formula is C24H30N6. The normalized spacial score (nSPS) is 26.1. The second-order valence-electron chi connectivity index (χ2n) is 9.71. The molecule has 2 heterocycles. The van der Waals surface area contributed by atoms with Crippen LogP contribution in [0.15, 0.2) is 41.0 Å². The summed E-state index contributed by atoms with van der Waals surface area (Å²) in [5, 5.41) is 14.3. The fourth-order valence-corrected chi connectivity index (χ4v) is 5.42. The van der Waals surface area contributed by atoms with Gasteiger partial charge in [0.25, 0.3) is 5.95 Å². The molecule has 156 valence electrons. The summed E-state index contributed by atoms with van der Waals surface area (Å²) in [6, 6.07) is 8.17. The largest absolute Gasteiger partial charge is 0.327 e. The molecule has 0 radical (unpaired) electrons. The fourth-order valence-electron chi connectivity index (χ4n) is 5.42. The highest BCUT2D eigenvalue weighted by molar-refractivity contribution is 6.04. The number of nitrogens with one attached hydrogen (secondary N) is 1. The Morgan fingerprint density at radius 1 is 1.23 bits per heavy atom. The molecule has 6 heteroatoms. The number of para-hydroxylation sites is 1. The average molecular weight is 403 g/mol. The van der Waals surface area contributed by atoms with Crippen molar-refractivity contribution in [3.63, 3.8) is 0 Å². The molecule has 1 aromatic carbocycles. The molecule has 0 saturated heterocycles. The monoisotopic (exact) mass is 402 g/mol. The van der Waals surface area contributed by atoms with Crippen LogP contribution in [-0.4, -0.2) is 26.0 Å². The molecule has 30 heavy (non-hydrogen) atoms. The van der Waals surface area contributed by atoms with Gasteiger partial charge >= 0.3 is 0 Å². The average Bonchev–Trinajstić information content (AvgIpc) is 3.01. The summed E-state index contributed by atoms with van der Waals surface area (Å²) in [5.74, 6) is 2.17. The molecule has 0 unspecified atom stereocenters. The lowest BCUT2D eigenvalue weighted by Gasteiger charge is -2.46. The number of rotatable bonds is 3. The van der Waals surface area contributed by atoms with Crippen molar-refractivity contribution in [2.24, 2.45) is 35.3 Å². The van der Waals surface area contributed by atoms with Gasteiger partial charge in [-0.25, -0.2) is 5.43 Å². The van der Waals surface area contributed by atoms with E-state index in [1.54, 1.807) is 5.57 Å². The zero-order valence-electron chi connectivity index (χ0n) is 18.3. The van der Waals surface area contributed by atoms with Crippen molar-refractivity contribution in [1.82, 2.24) is 19.7 Å². The minimum absolute atomic E-state index is 0.385. The zero-order chi connectivity index (χ0) is 20.9. The Kier molecular flexibility index (Phi) is 4.60. The summed E-state index contributed by atoms with van der Waals surface area (Å²) in [5.41, 5.74) is 7.82. The van der Waals surface area contributed by atoms with Crippen molar-refractivity contribution in [1.29, 1.82) is 0 Å². The molecule has 0 aliphatic heterocycles. The molecular weight excluding hydrogens is 372 g/mol. The van der Waals surface area contributed by atoms with E-state index in [2.05, 4.69) is 75.5 Å². The van der Waals surface area contributed by atoms with Gasteiger partial charge in [0.15, 0.2) is 5.65 Å². The van der Waals surface area contributed by atoms with E-state index in [0.717, 1.165) is 22.1 Å². The predicted molar refractivity (Wildman–Crippen MR) is 122 cm³/mol. The maximum atomic E-state index is 4.66. The number of anilines is 1. The van der Waals surface area contributed by atoms with Crippen LogP contribution in [0.25, 0.3) is 22.1 Å². The van der Waals surface area contributed by atoms with Crippen LogP contribution in [0.2, 0.25) is 0 Å². The fraction of sp³-hybridized carbons (Fsp3) is 0.500. The first-order valence-electron chi connectivity index (χ1n) is 11.0. The zero-order valence-corrected chi connectivity index (χ0v) is 18.3. The summed E-state index contributed by atoms with van der Waals surface area (Å²) in [7, 11) is 2.01. The molecule has 0 amide bonds. The third kappa shape index (κ3) is 3.18. The number of hydrogen-bond donors (Lipinski definition) is 1. The Hall–Kier alpha value is -2.76. The number of allylic oxidation sites excluding steroid dienone is 2. The first-order chi connectivity index (χ1) is 14.4. The van der Waals surface area contributed by atoms with Gasteiger partial charge in [-0.2, -0.15) is 10.1 Å².